The van der Waals surface area contributed by atoms with Crippen molar-refractivity contribution in [1.82, 2.24) is 10.2 Å². The van der Waals surface area contributed by atoms with Gasteiger partial charge in [-0.1, -0.05) is 32.0 Å². The minimum atomic E-state index is -3.61. The molecule has 3 heterocycles. The Hall–Kier alpha value is -1.41. The summed E-state index contributed by atoms with van der Waals surface area (Å²) in [5, 5.41) is 3.91. The molecule has 0 bridgehead atoms. The van der Waals surface area contributed by atoms with E-state index in [0.29, 0.717) is 27.3 Å². The van der Waals surface area contributed by atoms with Crippen LogP contribution < -0.4 is 10.1 Å². The monoisotopic (exact) mass is 434 g/mol. The van der Waals surface area contributed by atoms with Crippen LogP contribution in [0.2, 0.25) is 0 Å². The molecule has 2 aliphatic rings. The third-order valence-corrected chi connectivity index (χ3v) is 8.77. The van der Waals surface area contributed by atoms with Crippen LogP contribution >= 0.6 is 11.3 Å². The molecule has 4 rings (SSSR count). The van der Waals surface area contributed by atoms with Gasteiger partial charge in [0, 0.05) is 43.2 Å². The molecule has 2 aliphatic heterocycles. The van der Waals surface area contributed by atoms with Crippen LogP contribution in [-0.2, 0) is 22.8 Å². The number of likely N-dealkylation sites (tertiary alicyclic amines) is 1. The van der Waals surface area contributed by atoms with E-state index in [1.165, 1.54) is 11.3 Å². The highest BCUT2D eigenvalue weighted by Gasteiger charge is 2.33. The van der Waals surface area contributed by atoms with Crippen molar-refractivity contribution in [3.63, 3.8) is 0 Å². The Morgan fingerprint density at radius 2 is 1.93 bits per heavy atom. The molecule has 29 heavy (non-hydrogen) atoms. The third kappa shape index (κ3) is 4.53. The van der Waals surface area contributed by atoms with Gasteiger partial charge < -0.3 is 15.0 Å². The molecular weight excluding hydrogens is 404 g/mol. The lowest BCUT2D eigenvalue weighted by Crippen LogP contribution is -2.39. The summed E-state index contributed by atoms with van der Waals surface area (Å²) in [4.78, 5) is 4.35. The molecule has 0 atom stereocenters. The first kappa shape index (κ1) is 20.8. The zero-order valence-electron chi connectivity index (χ0n) is 17.2. The summed E-state index contributed by atoms with van der Waals surface area (Å²) in [6.07, 6.45) is 2.82. The van der Waals surface area contributed by atoms with E-state index in [4.69, 9.17) is 4.74 Å². The Morgan fingerprint density at radius 3 is 2.62 bits per heavy atom. The van der Waals surface area contributed by atoms with Crippen LogP contribution in [0, 0.1) is 5.92 Å². The molecule has 1 fully saturated rings. The predicted molar refractivity (Wildman–Crippen MR) is 117 cm³/mol. The van der Waals surface area contributed by atoms with Crippen molar-refractivity contribution >= 4 is 21.2 Å². The van der Waals surface area contributed by atoms with E-state index in [-0.39, 0.29) is 6.10 Å². The summed E-state index contributed by atoms with van der Waals surface area (Å²) < 4.78 is 33.4. The van der Waals surface area contributed by atoms with Gasteiger partial charge in [-0.3, -0.25) is 0 Å². The standard InChI is InChI=1S/C22H30N2O3S2/c1-16(2)15-24-12-9-17(10-13-24)27-22-21(19-14-23-11-8-20(19)28-22)29(25,26)18-6-4-3-5-7-18/h3-7,16-17,23H,8-15H2,1-2H3. The molecular formula is C22H30N2O3S2. The molecule has 1 saturated heterocycles. The summed E-state index contributed by atoms with van der Waals surface area (Å²) in [6.45, 7) is 9.08. The third-order valence-electron chi connectivity index (χ3n) is 5.60. The molecule has 0 saturated carbocycles. The first-order valence-corrected chi connectivity index (χ1v) is 12.8. The van der Waals surface area contributed by atoms with Gasteiger partial charge >= 0.3 is 0 Å². The largest absolute Gasteiger partial charge is 0.479 e. The topological polar surface area (TPSA) is 58.6 Å². The van der Waals surface area contributed by atoms with E-state index in [1.54, 1.807) is 24.3 Å². The lowest BCUT2D eigenvalue weighted by atomic mass is 10.1. The van der Waals surface area contributed by atoms with Gasteiger partial charge in [0.25, 0.3) is 0 Å². The van der Waals surface area contributed by atoms with Gasteiger partial charge in [-0.15, -0.1) is 11.3 Å². The number of hydrogen-bond donors (Lipinski definition) is 1. The van der Waals surface area contributed by atoms with Gasteiger partial charge in [-0.25, -0.2) is 8.42 Å². The molecule has 158 valence electrons. The minimum absolute atomic E-state index is 0.0798. The molecule has 0 unspecified atom stereocenters. The minimum Gasteiger partial charge on any atom is -0.479 e. The van der Waals surface area contributed by atoms with Crippen molar-refractivity contribution in [2.24, 2.45) is 5.92 Å². The van der Waals surface area contributed by atoms with Gasteiger partial charge in [0.05, 0.1) is 4.90 Å². The van der Waals surface area contributed by atoms with Crippen molar-refractivity contribution in [2.75, 3.05) is 26.2 Å². The number of sulfone groups is 1. The maximum Gasteiger partial charge on any atom is 0.211 e. The van der Waals surface area contributed by atoms with Gasteiger partial charge in [-0.2, -0.15) is 0 Å². The number of rotatable bonds is 6. The Balaban J connectivity index is 1.61. The first-order valence-electron chi connectivity index (χ1n) is 10.5. The van der Waals surface area contributed by atoms with Crippen LogP contribution in [0.15, 0.2) is 40.1 Å². The molecule has 0 spiro atoms. The second-order valence-corrected chi connectivity index (χ2v) is 11.3. The SMILES string of the molecule is CC(C)CN1CCC(Oc2sc3c(c2S(=O)(=O)c2ccccc2)CNCC3)CC1. The maximum atomic E-state index is 13.5. The van der Waals surface area contributed by atoms with Crippen LogP contribution in [-0.4, -0.2) is 45.6 Å². The zero-order valence-corrected chi connectivity index (χ0v) is 18.8. The summed E-state index contributed by atoms with van der Waals surface area (Å²) in [5.41, 5.74) is 0.900. The summed E-state index contributed by atoms with van der Waals surface area (Å²) in [6, 6.07) is 8.73. The zero-order chi connectivity index (χ0) is 20.4. The van der Waals surface area contributed by atoms with E-state index >= 15 is 0 Å². The highest BCUT2D eigenvalue weighted by molar-refractivity contribution is 7.91. The molecule has 5 nitrogen and oxygen atoms in total. The van der Waals surface area contributed by atoms with Crippen molar-refractivity contribution in [2.45, 2.75) is 55.5 Å². The highest BCUT2D eigenvalue weighted by Crippen LogP contribution is 2.43. The van der Waals surface area contributed by atoms with Gasteiger partial charge in [0.1, 0.15) is 11.0 Å². The second-order valence-electron chi connectivity index (χ2n) is 8.38. The molecule has 2 aromatic rings. The Bertz CT molecular complexity index is 930. The summed E-state index contributed by atoms with van der Waals surface area (Å²) >= 11 is 1.53. The number of fused-ring (bicyclic) bond motifs is 1. The number of hydrogen-bond acceptors (Lipinski definition) is 6. The summed E-state index contributed by atoms with van der Waals surface area (Å²) in [7, 11) is -3.61. The lowest BCUT2D eigenvalue weighted by Gasteiger charge is -2.33. The normalized spacial score (nSPS) is 18.7. The first-order chi connectivity index (χ1) is 13.9. The molecule has 1 N–H and O–H groups in total. The van der Waals surface area contributed by atoms with Crippen molar-refractivity contribution in [1.29, 1.82) is 0 Å². The number of nitrogens with one attached hydrogen (secondary N) is 1. The van der Waals surface area contributed by atoms with Gasteiger partial charge in [-0.05, 0) is 37.3 Å². The van der Waals surface area contributed by atoms with Gasteiger partial charge in [0.15, 0.2) is 5.06 Å². The second kappa shape index (κ2) is 8.76. The molecule has 1 aromatic heterocycles. The average Bonchev–Trinajstić information content (AvgIpc) is 3.08. The van der Waals surface area contributed by atoms with E-state index < -0.39 is 9.84 Å². The van der Waals surface area contributed by atoms with Crippen LogP contribution in [0.3, 0.4) is 0 Å². The Morgan fingerprint density at radius 1 is 1.21 bits per heavy atom. The van der Waals surface area contributed by atoms with E-state index in [2.05, 4.69) is 24.1 Å². The molecule has 1 aromatic carbocycles. The number of thiophene rings is 1. The van der Waals surface area contributed by atoms with Gasteiger partial charge in [0.2, 0.25) is 9.84 Å². The fourth-order valence-corrected chi connectivity index (χ4v) is 7.39. The molecule has 0 amide bonds. The lowest BCUT2D eigenvalue weighted by molar-refractivity contribution is 0.0949. The maximum absolute atomic E-state index is 13.5. The van der Waals surface area contributed by atoms with E-state index in [1.807, 2.05) is 6.07 Å². The number of ether oxygens (including phenoxy) is 1. The van der Waals surface area contributed by atoms with Crippen LogP contribution in [0.5, 0.6) is 5.06 Å². The van der Waals surface area contributed by atoms with E-state index in [9.17, 15) is 8.42 Å². The Labute approximate surface area is 178 Å². The highest BCUT2D eigenvalue weighted by atomic mass is 32.2. The molecule has 0 aliphatic carbocycles. The number of piperidine rings is 1. The van der Waals surface area contributed by atoms with Crippen LogP contribution in [0.1, 0.15) is 37.1 Å². The fourth-order valence-electron chi connectivity index (χ4n) is 4.21. The predicted octanol–water partition coefficient (Wildman–Crippen LogP) is 3.73. The smallest absolute Gasteiger partial charge is 0.211 e. The molecule has 7 heteroatoms. The van der Waals surface area contributed by atoms with Crippen LogP contribution in [0.4, 0.5) is 0 Å². The number of benzene rings is 1. The van der Waals surface area contributed by atoms with E-state index in [0.717, 1.165) is 55.9 Å². The summed E-state index contributed by atoms with van der Waals surface area (Å²) in [5.74, 6) is 0.659. The average molecular weight is 435 g/mol. The number of nitrogens with zero attached hydrogens (tertiary/aromatic N) is 1. The molecule has 0 radical (unpaired) electrons. The van der Waals surface area contributed by atoms with Crippen LogP contribution in [0.25, 0.3) is 0 Å². The van der Waals surface area contributed by atoms with Crippen molar-refractivity contribution in [3.05, 3.63) is 40.8 Å². The van der Waals surface area contributed by atoms with Crippen molar-refractivity contribution < 1.29 is 13.2 Å². The Kier molecular flexibility index (Phi) is 6.30. The van der Waals surface area contributed by atoms with Crippen molar-refractivity contribution in [3.8, 4) is 5.06 Å². The fraction of sp³-hybridized carbons (Fsp3) is 0.545. The quantitative estimate of drug-likeness (QED) is 0.751.